The van der Waals surface area contributed by atoms with E-state index in [0.29, 0.717) is 26.2 Å². The molecule has 0 bridgehead atoms. The number of nitrogens with zero attached hydrogens (tertiary/aromatic N) is 1. The number of aryl methyl sites for hydroxylation is 1. The fourth-order valence-electron chi connectivity index (χ4n) is 2.46. The molecule has 4 heteroatoms. The minimum atomic E-state index is 0.220. The maximum absolute atomic E-state index is 12.3. The van der Waals surface area contributed by atoms with Gasteiger partial charge < -0.3 is 15.4 Å². The second-order valence-corrected chi connectivity index (χ2v) is 4.97. The van der Waals surface area contributed by atoms with E-state index in [1.165, 1.54) is 0 Å². The van der Waals surface area contributed by atoms with Gasteiger partial charge in [-0.15, -0.1) is 0 Å². The molecule has 0 saturated carbocycles. The van der Waals surface area contributed by atoms with Gasteiger partial charge in [-0.3, -0.25) is 4.79 Å². The molecular formula is C15H22N2O2. The Morgan fingerprint density at radius 2 is 2.37 bits per heavy atom. The van der Waals surface area contributed by atoms with Gasteiger partial charge in [-0.25, -0.2) is 0 Å². The molecule has 1 aliphatic rings. The summed E-state index contributed by atoms with van der Waals surface area (Å²) in [6.07, 6.45) is 2.24. The first-order valence-electron chi connectivity index (χ1n) is 6.92. The average Bonchev–Trinajstić information content (AvgIpc) is 2.45. The van der Waals surface area contributed by atoms with Crippen molar-refractivity contribution < 1.29 is 9.53 Å². The van der Waals surface area contributed by atoms with E-state index in [1.807, 2.05) is 29.2 Å². The van der Waals surface area contributed by atoms with Crippen molar-refractivity contribution in [3.63, 3.8) is 0 Å². The standard InChI is InChI=1S/C15H22N2O2/c1-2-14-11-19-9-8-17(14)15(18)7-6-12-4-3-5-13(16)10-12/h3-5,10,14H,2,6-9,11,16H2,1H3. The topological polar surface area (TPSA) is 55.6 Å². The summed E-state index contributed by atoms with van der Waals surface area (Å²) in [7, 11) is 0. The van der Waals surface area contributed by atoms with Crippen LogP contribution in [-0.4, -0.2) is 36.6 Å². The summed E-state index contributed by atoms with van der Waals surface area (Å²) in [4.78, 5) is 14.2. The van der Waals surface area contributed by atoms with E-state index < -0.39 is 0 Å². The predicted molar refractivity (Wildman–Crippen MR) is 75.8 cm³/mol. The van der Waals surface area contributed by atoms with Crippen LogP contribution in [0.2, 0.25) is 0 Å². The molecule has 1 heterocycles. The molecule has 0 spiro atoms. The second kappa shape index (κ2) is 6.57. The van der Waals surface area contributed by atoms with Crippen molar-refractivity contribution in [3.05, 3.63) is 29.8 Å². The van der Waals surface area contributed by atoms with Gasteiger partial charge in [0.25, 0.3) is 0 Å². The van der Waals surface area contributed by atoms with Crippen molar-refractivity contribution in [1.29, 1.82) is 0 Å². The Hall–Kier alpha value is -1.55. The van der Waals surface area contributed by atoms with E-state index >= 15 is 0 Å². The molecule has 0 aliphatic carbocycles. The van der Waals surface area contributed by atoms with Crippen molar-refractivity contribution in [1.82, 2.24) is 4.90 Å². The molecule has 1 aromatic carbocycles. The summed E-state index contributed by atoms with van der Waals surface area (Å²) in [6.45, 7) is 4.13. The fourth-order valence-corrected chi connectivity index (χ4v) is 2.46. The highest BCUT2D eigenvalue weighted by Gasteiger charge is 2.25. The number of nitrogen functional groups attached to an aromatic ring is 1. The molecular weight excluding hydrogens is 240 g/mol. The molecule has 0 radical (unpaired) electrons. The molecule has 2 rings (SSSR count). The lowest BCUT2D eigenvalue weighted by molar-refractivity contribution is -0.139. The first kappa shape index (κ1) is 13.9. The van der Waals surface area contributed by atoms with Gasteiger partial charge in [0, 0.05) is 18.7 Å². The molecule has 19 heavy (non-hydrogen) atoms. The number of hydrogen-bond acceptors (Lipinski definition) is 3. The Morgan fingerprint density at radius 3 is 3.11 bits per heavy atom. The van der Waals surface area contributed by atoms with Crippen molar-refractivity contribution in [2.45, 2.75) is 32.2 Å². The summed E-state index contributed by atoms with van der Waals surface area (Å²) >= 11 is 0. The molecule has 1 amide bonds. The summed E-state index contributed by atoms with van der Waals surface area (Å²) in [5.41, 5.74) is 7.61. The molecule has 4 nitrogen and oxygen atoms in total. The van der Waals surface area contributed by atoms with Crippen LogP contribution in [0, 0.1) is 0 Å². The van der Waals surface area contributed by atoms with Gasteiger partial charge in [-0.2, -0.15) is 0 Å². The Kier molecular flexibility index (Phi) is 4.80. The summed E-state index contributed by atoms with van der Waals surface area (Å²) in [6, 6.07) is 7.98. The van der Waals surface area contributed by atoms with Crippen LogP contribution in [0.3, 0.4) is 0 Å². The van der Waals surface area contributed by atoms with Gasteiger partial charge >= 0.3 is 0 Å². The van der Waals surface area contributed by atoms with Gasteiger partial charge in [0.05, 0.1) is 19.3 Å². The van der Waals surface area contributed by atoms with Crippen LogP contribution in [0.15, 0.2) is 24.3 Å². The van der Waals surface area contributed by atoms with Gasteiger partial charge in [0.15, 0.2) is 0 Å². The molecule has 1 aromatic rings. The van der Waals surface area contributed by atoms with E-state index in [9.17, 15) is 4.79 Å². The maximum atomic E-state index is 12.3. The zero-order valence-corrected chi connectivity index (χ0v) is 11.5. The highest BCUT2D eigenvalue weighted by Crippen LogP contribution is 2.14. The first-order valence-corrected chi connectivity index (χ1v) is 6.92. The molecule has 1 unspecified atom stereocenters. The summed E-state index contributed by atoms with van der Waals surface area (Å²) < 4.78 is 5.42. The van der Waals surface area contributed by atoms with Gasteiger partial charge in [0.2, 0.25) is 5.91 Å². The second-order valence-electron chi connectivity index (χ2n) is 4.97. The number of morpholine rings is 1. The van der Waals surface area contributed by atoms with Crippen LogP contribution in [0.25, 0.3) is 0 Å². The van der Waals surface area contributed by atoms with Crippen molar-refractivity contribution in [3.8, 4) is 0 Å². The van der Waals surface area contributed by atoms with Gasteiger partial charge in [-0.05, 0) is 30.5 Å². The van der Waals surface area contributed by atoms with Crippen LogP contribution >= 0.6 is 0 Å². The number of carbonyl (C=O) groups is 1. The highest BCUT2D eigenvalue weighted by atomic mass is 16.5. The number of rotatable bonds is 4. The number of benzene rings is 1. The number of anilines is 1. The lowest BCUT2D eigenvalue weighted by Crippen LogP contribution is -2.48. The lowest BCUT2D eigenvalue weighted by atomic mass is 10.1. The molecule has 1 atom stereocenters. The van der Waals surface area contributed by atoms with E-state index in [-0.39, 0.29) is 11.9 Å². The van der Waals surface area contributed by atoms with E-state index in [0.717, 1.165) is 24.1 Å². The van der Waals surface area contributed by atoms with E-state index in [1.54, 1.807) is 0 Å². The Balaban J connectivity index is 1.89. The average molecular weight is 262 g/mol. The SMILES string of the molecule is CCC1COCCN1C(=O)CCc1cccc(N)c1. The van der Waals surface area contributed by atoms with Gasteiger partial charge in [0.1, 0.15) is 0 Å². The summed E-state index contributed by atoms with van der Waals surface area (Å²) in [5, 5.41) is 0. The molecule has 104 valence electrons. The van der Waals surface area contributed by atoms with Crippen molar-refractivity contribution >= 4 is 11.6 Å². The van der Waals surface area contributed by atoms with Crippen molar-refractivity contribution in [2.24, 2.45) is 0 Å². The van der Waals surface area contributed by atoms with Crippen LogP contribution in [0.1, 0.15) is 25.3 Å². The quantitative estimate of drug-likeness (QED) is 0.842. The van der Waals surface area contributed by atoms with Crippen molar-refractivity contribution in [2.75, 3.05) is 25.5 Å². The van der Waals surface area contributed by atoms with Crippen LogP contribution in [-0.2, 0) is 16.0 Å². The predicted octanol–water partition coefficient (Wildman–Crippen LogP) is 1.84. The highest BCUT2D eigenvalue weighted by molar-refractivity contribution is 5.77. The molecule has 1 aliphatic heterocycles. The third-order valence-corrected chi connectivity index (χ3v) is 3.60. The zero-order valence-electron chi connectivity index (χ0n) is 11.5. The fraction of sp³-hybridized carbons (Fsp3) is 0.533. The number of hydrogen-bond donors (Lipinski definition) is 1. The van der Waals surface area contributed by atoms with Crippen LogP contribution in [0.5, 0.6) is 0 Å². The minimum absolute atomic E-state index is 0.220. The lowest BCUT2D eigenvalue weighted by Gasteiger charge is -2.35. The Morgan fingerprint density at radius 1 is 1.53 bits per heavy atom. The zero-order chi connectivity index (χ0) is 13.7. The monoisotopic (exact) mass is 262 g/mol. The largest absolute Gasteiger partial charge is 0.399 e. The van der Waals surface area contributed by atoms with E-state index in [4.69, 9.17) is 10.5 Å². The first-order chi connectivity index (χ1) is 9.20. The van der Waals surface area contributed by atoms with Crippen LogP contribution in [0.4, 0.5) is 5.69 Å². The number of amides is 1. The Labute approximate surface area is 114 Å². The third-order valence-electron chi connectivity index (χ3n) is 3.60. The molecule has 2 N–H and O–H groups in total. The maximum Gasteiger partial charge on any atom is 0.223 e. The smallest absolute Gasteiger partial charge is 0.223 e. The number of ether oxygens (including phenoxy) is 1. The van der Waals surface area contributed by atoms with Gasteiger partial charge in [-0.1, -0.05) is 19.1 Å². The summed E-state index contributed by atoms with van der Waals surface area (Å²) in [5.74, 6) is 0.220. The molecule has 1 fully saturated rings. The van der Waals surface area contributed by atoms with Crippen LogP contribution < -0.4 is 5.73 Å². The molecule has 1 saturated heterocycles. The number of carbonyl (C=O) groups excluding carboxylic acids is 1. The number of nitrogens with two attached hydrogens (primary N) is 1. The Bertz CT molecular complexity index is 434. The minimum Gasteiger partial charge on any atom is -0.399 e. The third kappa shape index (κ3) is 3.70. The molecule has 0 aromatic heterocycles. The normalized spacial score (nSPS) is 19.4. The van der Waals surface area contributed by atoms with E-state index in [2.05, 4.69) is 6.92 Å².